The third-order valence-electron chi connectivity index (χ3n) is 5.09. The maximum atomic E-state index is 12.7. The fourth-order valence-corrected chi connectivity index (χ4v) is 5.22. The van der Waals surface area contributed by atoms with Crippen LogP contribution in [0.25, 0.3) is 0 Å². The number of rotatable bonds is 5. The summed E-state index contributed by atoms with van der Waals surface area (Å²) in [5.41, 5.74) is 6.67. The first-order chi connectivity index (χ1) is 11.3. The van der Waals surface area contributed by atoms with E-state index in [2.05, 4.69) is 5.32 Å². The Hall–Kier alpha value is -2.15. The number of thiophene rings is 1. The number of aliphatic carboxylic acids is 1. The normalized spacial score (nSPS) is 27.4. The number of hydrogen-bond donors (Lipinski definition) is 3. The number of nitrogens with one attached hydrogen (secondary N) is 1. The SMILES string of the molecule is CCc1c(C)sc(NC(=O)[C@H]2[C@@H](C(=O)O)[C@H]3C=C[C@@H]2C3)c1C(N)=O. The molecular weight excluding hydrogens is 328 g/mol. The molecule has 3 rings (SSSR count). The van der Waals surface area contributed by atoms with Crippen molar-refractivity contribution in [1.29, 1.82) is 0 Å². The van der Waals surface area contributed by atoms with E-state index >= 15 is 0 Å². The van der Waals surface area contributed by atoms with Crippen LogP contribution >= 0.6 is 11.3 Å². The van der Waals surface area contributed by atoms with Crippen molar-refractivity contribution in [2.24, 2.45) is 29.4 Å². The van der Waals surface area contributed by atoms with E-state index < -0.39 is 23.7 Å². The molecule has 2 aliphatic carbocycles. The van der Waals surface area contributed by atoms with Crippen LogP contribution < -0.4 is 11.1 Å². The Morgan fingerprint density at radius 3 is 2.46 bits per heavy atom. The number of anilines is 1. The molecule has 1 saturated carbocycles. The zero-order valence-electron chi connectivity index (χ0n) is 13.5. The van der Waals surface area contributed by atoms with Crippen molar-refractivity contribution in [2.45, 2.75) is 26.7 Å². The first-order valence-electron chi connectivity index (χ1n) is 7.99. The quantitative estimate of drug-likeness (QED) is 0.708. The molecule has 4 N–H and O–H groups in total. The van der Waals surface area contributed by atoms with Crippen molar-refractivity contribution in [2.75, 3.05) is 5.32 Å². The van der Waals surface area contributed by atoms with Gasteiger partial charge in [-0.3, -0.25) is 14.4 Å². The van der Waals surface area contributed by atoms with Crippen molar-refractivity contribution in [3.8, 4) is 0 Å². The van der Waals surface area contributed by atoms with Crippen molar-refractivity contribution in [3.63, 3.8) is 0 Å². The van der Waals surface area contributed by atoms with E-state index in [0.717, 1.165) is 10.4 Å². The van der Waals surface area contributed by atoms with Gasteiger partial charge >= 0.3 is 5.97 Å². The minimum atomic E-state index is -0.946. The molecule has 4 atom stereocenters. The zero-order chi connectivity index (χ0) is 17.6. The molecule has 2 aliphatic rings. The average Bonchev–Trinajstić information content (AvgIpc) is 3.18. The summed E-state index contributed by atoms with van der Waals surface area (Å²) in [7, 11) is 0. The molecule has 2 amide bonds. The van der Waals surface area contributed by atoms with Crippen LogP contribution in [0.4, 0.5) is 5.00 Å². The number of carbonyl (C=O) groups is 3. The van der Waals surface area contributed by atoms with E-state index in [-0.39, 0.29) is 17.7 Å². The van der Waals surface area contributed by atoms with Gasteiger partial charge in [-0.2, -0.15) is 0 Å². The zero-order valence-corrected chi connectivity index (χ0v) is 14.4. The molecule has 0 aromatic carbocycles. The lowest BCUT2D eigenvalue weighted by Crippen LogP contribution is -2.36. The number of carbonyl (C=O) groups excluding carboxylic acids is 2. The second-order valence-corrected chi connectivity index (χ2v) is 7.61. The lowest BCUT2D eigenvalue weighted by atomic mass is 9.82. The standard InChI is InChI=1S/C17H20N2O4S/c1-3-10-7(2)24-16(13(10)14(18)20)19-15(21)11-8-4-5-9(6-8)12(11)17(22)23/h4-5,8-9,11-12H,3,6H2,1-2H3,(H2,18,20)(H,19,21)(H,22,23)/t8-,9+,11-,12+/m1/s1. The van der Waals surface area contributed by atoms with Crippen LogP contribution in [-0.2, 0) is 16.0 Å². The summed E-state index contributed by atoms with van der Waals surface area (Å²) in [6.45, 7) is 3.81. The summed E-state index contributed by atoms with van der Waals surface area (Å²) >= 11 is 1.31. The third kappa shape index (κ3) is 2.53. The second kappa shape index (κ2) is 6.05. The molecule has 128 valence electrons. The number of allylic oxidation sites excluding steroid dienone is 2. The minimum Gasteiger partial charge on any atom is -0.481 e. The molecule has 0 spiro atoms. The lowest BCUT2D eigenvalue weighted by molar-refractivity contribution is -0.146. The molecule has 0 unspecified atom stereocenters. The van der Waals surface area contributed by atoms with Crippen LogP contribution in [0.2, 0.25) is 0 Å². The number of fused-ring (bicyclic) bond motifs is 2. The number of hydrogen-bond acceptors (Lipinski definition) is 4. The smallest absolute Gasteiger partial charge is 0.307 e. The lowest BCUT2D eigenvalue weighted by Gasteiger charge is -2.23. The monoisotopic (exact) mass is 348 g/mol. The molecule has 2 bridgehead atoms. The van der Waals surface area contributed by atoms with Crippen LogP contribution in [0.5, 0.6) is 0 Å². The fourth-order valence-electron chi connectivity index (χ4n) is 4.06. The maximum Gasteiger partial charge on any atom is 0.307 e. The van der Waals surface area contributed by atoms with Crippen molar-refractivity contribution in [3.05, 3.63) is 28.2 Å². The summed E-state index contributed by atoms with van der Waals surface area (Å²) in [5.74, 6) is -3.32. The predicted molar refractivity (Wildman–Crippen MR) is 90.9 cm³/mol. The molecule has 1 fully saturated rings. The van der Waals surface area contributed by atoms with Crippen molar-refractivity contribution in [1.82, 2.24) is 0 Å². The van der Waals surface area contributed by atoms with Gasteiger partial charge in [0.15, 0.2) is 0 Å². The molecule has 1 aromatic rings. The van der Waals surface area contributed by atoms with Crippen LogP contribution in [-0.4, -0.2) is 22.9 Å². The summed E-state index contributed by atoms with van der Waals surface area (Å²) in [4.78, 5) is 37.0. The van der Waals surface area contributed by atoms with Crippen LogP contribution in [0, 0.1) is 30.6 Å². The summed E-state index contributed by atoms with van der Waals surface area (Å²) in [6, 6.07) is 0. The summed E-state index contributed by atoms with van der Waals surface area (Å²) < 4.78 is 0. The van der Waals surface area contributed by atoms with Gasteiger partial charge in [-0.1, -0.05) is 19.1 Å². The van der Waals surface area contributed by atoms with Crippen molar-refractivity contribution >= 4 is 34.1 Å². The highest BCUT2D eigenvalue weighted by molar-refractivity contribution is 7.16. The van der Waals surface area contributed by atoms with E-state index in [0.29, 0.717) is 23.4 Å². The molecule has 0 saturated heterocycles. The molecule has 1 aromatic heterocycles. The summed E-state index contributed by atoms with van der Waals surface area (Å²) in [6.07, 6.45) is 5.17. The summed E-state index contributed by atoms with van der Waals surface area (Å²) in [5, 5.41) is 12.7. The van der Waals surface area contributed by atoms with E-state index in [9.17, 15) is 19.5 Å². The number of aryl methyl sites for hydroxylation is 1. The molecule has 1 heterocycles. The Balaban J connectivity index is 1.89. The van der Waals surface area contributed by atoms with Crippen LogP contribution in [0.15, 0.2) is 12.2 Å². The van der Waals surface area contributed by atoms with Gasteiger partial charge in [0.2, 0.25) is 5.91 Å². The largest absolute Gasteiger partial charge is 0.481 e. The first-order valence-corrected chi connectivity index (χ1v) is 8.80. The second-order valence-electron chi connectivity index (χ2n) is 6.39. The maximum absolute atomic E-state index is 12.7. The van der Waals surface area contributed by atoms with Gasteiger partial charge < -0.3 is 16.2 Å². The Labute approximate surface area is 143 Å². The van der Waals surface area contributed by atoms with E-state index in [4.69, 9.17) is 5.73 Å². The molecule has 0 aliphatic heterocycles. The Morgan fingerprint density at radius 2 is 1.92 bits per heavy atom. The van der Waals surface area contributed by atoms with E-state index in [1.165, 1.54) is 11.3 Å². The van der Waals surface area contributed by atoms with Crippen molar-refractivity contribution < 1.29 is 19.5 Å². The van der Waals surface area contributed by atoms with Gasteiger partial charge in [0.25, 0.3) is 5.91 Å². The Kier molecular flexibility index (Phi) is 4.21. The number of nitrogens with two attached hydrogens (primary N) is 1. The molecule has 7 heteroatoms. The number of carboxylic acids is 1. The molecule has 0 radical (unpaired) electrons. The van der Waals surface area contributed by atoms with Gasteiger partial charge in [-0.25, -0.2) is 0 Å². The van der Waals surface area contributed by atoms with Crippen LogP contribution in [0.3, 0.4) is 0 Å². The van der Waals surface area contributed by atoms with E-state index in [1.54, 1.807) is 0 Å². The van der Waals surface area contributed by atoms with E-state index in [1.807, 2.05) is 26.0 Å². The first kappa shape index (κ1) is 16.7. The highest BCUT2D eigenvalue weighted by atomic mass is 32.1. The Bertz CT molecular complexity index is 752. The third-order valence-corrected chi connectivity index (χ3v) is 6.16. The van der Waals surface area contributed by atoms with Crippen LogP contribution in [0.1, 0.15) is 34.1 Å². The topological polar surface area (TPSA) is 109 Å². The Morgan fingerprint density at radius 1 is 1.29 bits per heavy atom. The molecular formula is C17H20N2O4S. The van der Waals surface area contributed by atoms with Gasteiger partial charge in [0.05, 0.1) is 17.4 Å². The molecule has 6 nitrogen and oxygen atoms in total. The van der Waals surface area contributed by atoms with Gasteiger partial charge in [0.1, 0.15) is 5.00 Å². The number of carboxylic acid groups (broad SMARTS) is 1. The van der Waals surface area contributed by atoms with Gasteiger partial charge in [0, 0.05) is 4.88 Å². The highest BCUT2D eigenvalue weighted by Crippen LogP contribution is 2.48. The van der Waals surface area contributed by atoms with Gasteiger partial charge in [-0.15, -0.1) is 11.3 Å². The average molecular weight is 348 g/mol. The predicted octanol–water partition coefficient (Wildman–Crippen LogP) is 2.18. The van der Waals surface area contributed by atoms with Gasteiger partial charge in [-0.05, 0) is 37.2 Å². The molecule has 24 heavy (non-hydrogen) atoms. The minimum absolute atomic E-state index is 0.0557. The number of amides is 2. The fraction of sp³-hybridized carbons (Fsp3) is 0.471. The number of primary amides is 1. The highest BCUT2D eigenvalue weighted by Gasteiger charge is 2.51.